The topological polar surface area (TPSA) is 78.1 Å². The Kier molecular flexibility index (Phi) is 7.33. The summed E-state index contributed by atoms with van der Waals surface area (Å²) in [5.41, 5.74) is 1.94. The number of H-pyrrole nitrogens is 1. The van der Waals surface area contributed by atoms with Gasteiger partial charge in [-0.2, -0.15) is 0 Å². The Balaban J connectivity index is 1.15. The Morgan fingerprint density at radius 3 is 2.72 bits per heavy atom. The zero-order valence-electron chi connectivity index (χ0n) is 17.7. The largest absolute Gasteiger partial charge is 0.351 e. The summed E-state index contributed by atoms with van der Waals surface area (Å²) in [5.74, 6) is 0.463. The molecular weight excluding hydrogens is 447 g/mol. The second-order valence-corrected chi connectivity index (χ2v) is 9.10. The maximum Gasteiger partial charge on any atom is 0.267 e. The van der Waals surface area contributed by atoms with E-state index in [9.17, 15) is 9.59 Å². The van der Waals surface area contributed by atoms with Crippen LogP contribution in [0.1, 0.15) is 53.0 Å². The van der Waals surface area contributed by atoms with E-state index in [1.54, 1.807) is 30.6 Å². The molecule has 0 aliphatic carbocycles. The minimum Gasteiger partial charge on any atom is -0.351 e. The van der Waals surface area contributed by atoms with Gasteiger partial charge in [-0.15, -0.1) is 0 Å². The van der Waals surface area contributed by atoms with Gasteiger partial charge in [0.25, 0.3) is 11.8 Å². The third kappa shape index (κ3) is 5.43. The fourth-order valence-corrected chi connectivity index (χ4v) is 4.58. The van der Waals surface area contributed by atoms with Gasteiger partial charge in [-0.3, -0.25) is 14.6 Å². The van der Waals surface area contributed by atoms with E-state index >= 15 is 0 Å². The first-order valence-corrected chi connectivity index (χ1v) is 11.7. The van der Waals surface area contributed by atoms with Gasteiger partial charge in [0.15, 0.2) is 0 Å². The molecule has 1 aromatic carbocycles. The number of carbonyl (C=O) groups excluding carboxylic acids is 2. The van der Waals surface area contributed by atoms with E-state index in [0.29, 0.717) is 33.8 Å². The third-order valence-corrected chi connectivity index (χ3v) is 6.62. The SMILES string of the molecule is O=C(NCCCCC1CCN(C(=O)c2cc(Cl)ccc2Cl)CC1)c1cc2cnccc2[nH]1. The highest BCUT2D eigenvalue weighted by Crippen LogP contribution is 2.27. The second-order valence-electron chi connectivity index (χ2n) is 8.26. The molecule has 3 aromatic rings. The van der Waals surface area contributed by atoms with Crippen LogP contribution in [0.4, 0.5) is 0 Å². The first kappa shape index (κ1) is 22.6. The lowest BCUT2D eigenvalue weighted by Crippen LogP contribution is -2.38. The van der Waals surface area contributed by atoms with Crippen LogP contribution in [0.15, 0.2) is 42.7 Å². The average Bonchev–Trinajstić information content (AvgIpc) is 3.25. The molecule has 2 amide bonds. The van der Waals surface area contributed by atoms with Crippen LogP contribution in [-0.4, -0.2) is 46.3 Å². The lowest BCUT2D eigenvalue weighted by atomic mass is 9.91. The Labute approximate surface area is 197 Å². The number of hydrogen-bond acceptors (Lipinski definition) is 3. The van der Waals surface area contributed by atoms with Gasteiger partial charge in [0.2, 0.25) is 0 Å². The number of nitrogens with zero attached hydrogens (tertiary/aromatic N) is 2. The van der Waals surface area contributed by atoms with E-state index in [4.69, 9.17) is 23.2 Å². The number of benzene rings is 1. The van der Waals surface area contributed by atoms with E-state index < -0.39 is 0 Å². The third-order valence-electron chi connectivity index (χ3n) is 6.05. The molecule has 168 valence electrons. The number of fused-ring (bicyclic) bond motifs is 1. The Bertz CT molecular complexity index is 1070. The number of piperidine rings is 1. The van der Waals surface area contributed by atoms with E-state index in [2.05, 4.69) is 15.3 Å². The molecule has 32 heavy (non-hydrogen) atoms. The van der Waals surface area contributed by atoms with Gasteiger partial charge in [0.1, 0.15) is 5.69 Å². The number of rotatable bonds is 7. The second kappa shape index (κ2) is 10.4. The molecule has 0 radical (unpaired) electrons. The minimum absolute atomic E-state index is 0.0496. The number of halogens is 2. The van der Waals surface area contributed by atoms with Gasteiger partial charge < -0.3 is 15.2 Å². The molecule has 0 atom stereocenters. The summed E-state index contributed by atoms with van der Waals surface area (Å²) in [6.07, 6.45) is 8.51. The molecule has 4 rings (SSSR count). The zero-order chi connectivity index (χ0) is 22.5. The summed E-state index contributed by atoms with van der Waals surface area (Å²) in [5, 5.41) is 4.86. The molecule has 2 N–H and O–H groups in total. The normalized spacial score (nSPS) is 14.6. The standard InChI is InChI=1S/C24H26Cl2N4O2/c25-18-4-5-20(26)19(14-18)24(32)30-11-7-16(8-12-30)3-1-2-9-28-23(31)22-13-17-15-27-10-6-21(17)29-22/h4-6,10,13-16,29H,1-3,7-9,11-12H2,(H,28,31). The number of carbonyl (C=O) groups is 2. The van der Waals surface area contributed by atoms with Crippen LogP contribution < -0.4 is 5.32 Å². The Hall–Kier alpha value is -2.57. The predicted molar refractivity (Wildman–Crippen MR) is 127 cm³/mol. The first-order valence-electron chi connectivity index (χ1n) is 11.0. The molecule has 1 aliphatic rings. The van der Waals surface area contributed by atoms with Crippen LogP contribution in [0, 0.1) is 5.92 Å². The van der Waals surface area contributed by atoms with Gasteiger partial charge in [-0.05, 0) is 55.5 Å². The number of unbranched alkanes of at least 4 members (excludes halogenated alkanes) is 1. The van der Waals surface area contributed by atoms with Crippen molar-refractivity contribution in [2.45, 2.75) is 32.1 Å². The number of likely N-dealkylation sites (tertiary alicyclic amines) is 1. The van der Waals surface area contributed by atoms with Gasteiger partial charge in [0, 0.05) is 48.0 Å². The maximum atomic E-state index is 12.8. The number of aromatic nitrogens is 2. The lowest BCUT2D eigenvalue weighted by molar-refractivity contribution is 0.0686. The van der Waals surface area contributed by atoms with Crippen molar-refractivity contribution in [1.29, 1.82) is 0 Å². The Morgan fingerprint density at radius 1 is 1.12 bits per heavy atom. The van der Waals surface area contributed by atoms with E-state index in [0.717, 1.165) is 56.1 Å². The van der Waals surface area contributed by atoms with E-state index in [1.807, 2.05) is 17.0 Å². The predicted octanol–water partition coefficient (Wildman–Crippen LogP) is 5.32. The van der Waals surface area contributed by atoms with Crippen LogP contribution in [0.3, 0.4) is 0 Å². The van der Waals surface area contributed by atoms with Crippen molar-refractivity contribution in [3.05, 3.63) is 64.0 Å². The summed E-state index contributed by atoms with van der Waals surface area (Å²) in [6.45, 7) is 2.12. The first-order chi connectivity index (χ1) is 15.5. The van der Waals surface area contributed by atoms with Crippen LogP contribution in [0.2, 0.25) is 10.0 Å². The highest BCUT2D eigenvalue weighted by Gasteiger charge is 2.24. The zero-order valence-corrected chi connectivity index (χ0v) is 19.3. The summed E-state index contributed by atoms with van der Waals surface area (Å²) in [4.78, 5) is 34.1. The van der Waals surface area contributed by atoms with Crippen LogP contribution in [0.5, 0.6) is 0 Å². The molecule has 1 saturated heterocycles. The summed E-state index contributed by atoms with van der Waals surface area (Å²) < 4.78 is 0. The maximum absolute atomic E-state index is 12.8. The molecular formula is C24H26Cl2N4O2. The van der Waals surface area contributed by atoms with Crippen molar-refractivity contribution in [2.75, 3.05) is 19.6 Å². The summed E-state index contributed by atoms with van der Waals surface area (Å²) in [6, 6.07) is 8.67. The number of aromatic amines is 1. The van der Waals surface area contributed by atoms with Crippen molar-refractivity contribution in [3.63, 3.8) is 0 Å². The van der Waals surface area contributed by atoms with Gasteiger partial charge in [-0.25, -0.2) is 0 Å². The molecule has 6 nitrogen and oxygen atoms in total. The number of pyridine rings is 1. The van der Waals surface area contributed by atoms with Gasteiger partial charge >= 0.3 is 0 Å². The number of nitrogens with one attached hydrogen (secondary N) is 2. The quantitative estimate of drug-likeness (QED) is 0.456. The van der Waals surface area contributed by atoms with Crippen LogP contribution in [0.25, 0.3) is 10.9 Å². The van der Waals surface area contributed by atoms with Crippen LogP contribution in [-0.2, 0) is 0 Å². The number of hydrogen-bond donors (Lipinski definition) is 2. The molecule has 1 fully saturated rings. The molecule has 2 aromatic heterocycles. The van der Waals surface area contributed by atoms with Crippen molar-refractivity contribution >= 4 is 45.9 Å². The molecule has 1 aliphatic heterocycles. The molecule has 3 heterocycles. The Morgan fingerprint density at radius 2 is 1.94 bits per heavy atom. The molecule has 0 bridgehead atoms. The fraction of sp³-hybridized carbons (Fsp3) is 0.375. The van der Waals surface area contributed by atoms with Gasteiger partial charge in [0.05, 0.1) is 10.6 Å². The fourth-order valence-electron chi connectivity index (χ4n) is 4.21. The van der Waals surface area contributed by atoms with Gasteiger partial charge in [-0.1, -0.05) is 36.0 Å². The summed E-state index contributed by atoms with van der Waals surface area (Å²) >= 11 is 12.2. The monoisotopic (exact) mass is 472 g/mol. The number of amides is 2. The molecule has 8 heteroatoms. The average molecular weight is 473 g/mol. The summed E-state index contributed by atoms with van der Waals surface area (Å²) in [7, 11) is 0. The van der Waals surface area contributed by atoms with Crippen LogP contribution >= 0.6 is 23.2 Å². The van der Waals surface area contributed by atoms with Crippen molar-refractivity contribution in [1.82, 2.24) is 20.2 Å². The van der Waals surface area contributed by atoms with Crippen molar-refractivity contribution in [3.8, 4) is 0 Å². The highest BCUT2D eigenvalue weighted by atomic mass is 35.5. The van der Waals surface area contributed by atoms with Crippen molar-refractivity contribution < 1.29 is 9.59 Å². The van der Waals surface area contributed by atoms with E-state index in [1.165, 1.54) is 0 Å². The minimum atomic E-state index is -0.0901. The molecule has 0 spiro atoms. The lowest BCUT2D eigenvalue weighted by Gasteiger charge is -2.32. The molecule has 0 saturated carbocycles. The van der Waals surface area contributed by atoms with Crippen molar-refractivity contribution in [2.24, 2.45) is 5.92 Å². The van der Waals surface area contributed by atoms with E-state index in [-0.39, 0.29) is 11.8 Å². The highest BCUT2D eigenvalue weighted by molar-refractivity contribution is 6.35. The smallest absolute Gasteiger partial charge is 0.267 e. The molecule has 0 unspecified atom stereocenters.